The van der Waals surface area contributed by atoms with E-state index in [-0.39, 0.29) is 0 Å². The average Bonchev–Trinajstić information content (AvgIpc) is 3.63. The number of carbonyl (C=O) groups excluding carboxylic acids is 1. The molecule has 6 rings (SSSR count). The van der Waals surface area contributed by atoms with Crippen LogP contribution in [0.15, 0.2) is 97.2 Å². The normalized spacial score (nSPS) is 12.4. The van der Waals surface area contributed by atoms with Crippen LogP contribution < -0.4 is 10.1 Å². The van der Waals surface area contributed by atoms with Gasteiger partial charge in [-0.15, -0.1) is 10.2 Å². The molecule has 4 aromatic carbocycles. The SMILES string of the molecule is COc1ccc(Cn2c(CCc3c[nH]c4ccccc34)nnc2C(Cc2ccc3ccccc3c2)NC(=O)OC(C)(C)C)cc1. The van der Waals surface area contributed by atoms with Gasteiger partial charge in [-0.05, 0) is 72.9 Å². The van der Waals surface area contributed by atoms with Crippen molar-refractivity contribution >= 4 is 27.8 Å². The van der Waals surface area contributed by atoms with Gasteiger partial charge in [0.1, 0.15) is 17.2 Å². The van der Waals surface area contributed by atoms with Gasteiger partial charge < -0.3 is 24.3 Å². The molecule has 0 fully saturated rings. The fourth-order valence-corrected chi connectivity index (χ4v) is 5.72. The lowest BCUT2D eigenvalue weighted by atomic mass is 10.0. The van der Waals surface area contributed by atoms with Gasteiger partial charge in [-0.1, -0.05) is 72.8 Å². The van der Waals surface area contributed by atoms with E-state index >= 15 is 0 Å². The van der Waals surface area contributed by atoms with Crippen LogP contribution in [0.3, 0.4) is 0 Å². The molecule has 0 saturated heterocycles. The van der Waals surface area contributed by atoms with Gasteiger partial charge >= 0.3 is 6.09 Å². The van der Waals surface area contributed by atoms with E-state index in [0.29, 0.717) is 25.2 Å². The molecule has 1 unspecified atom stereocenters. The molecule has 8 heteroatoms. The number of nitrogens with zero attached hydrogens (tertiary/aromatic N) is 3. The van der Waals surface area contributed by atoms with Crippen LogP contribution in [0.5, 0.6) is 5.75 Å². The lowest BCUT2D eigenvalue weighted by molar-refractivity contribution is 0.0500. The predicted molar refractivity (Wildman–Crippen MR) is 178 cm³/mol. The molecule has 0 radical (unpaired) electrons. The van der Waals surface area contributed by atoms with Crippen LogP contribution in [-0.2, 0) is 30.5 Å². The van der Waals surface area contributed by atoms with E-state index in [9.17, 15) is 4.79 Å². The maximum absolute atomic E-state index is 13.2. The molecule has 45 heavy (non-hydrogen) atoms. The fourth-order valence-electron chi connectivity index (χ4n) is 5.72. The third-order valence-electron chi connectivity index (χ3n) is 7.90. The summed E-state index contributed by atoms with van der Waals surface area (Å²) in [5, 5.41) is 16.1. The molecule has 2 aromatic heterocycles. The van der Waals surface area contributed by atoms with E-state index in [0.717, 1.165) is 40.0 Å². The minimum Gasteiger partial charge on any atom is -0.497 e. The maximum atomic E-state index is 13.2. The standard InChI is InChI=1S/C37H39N5O3/c1-37(2,3)45-36(43)39-33(22-26-13-16-27-9-5-6-10-28(27)21-26)35-41-40-34(42(35)24-25-14-18-30(44-4)19-15-25)20-17-29-23-38-32-12-8-7-11-31(29)32/h5-16,18-19,21,23,33,38H,17,20,22,24H2,1-4H3,(H,39,43). The summed E-state index contributed by atoms with van der Waals surface area (Å²) in [5.41, 5.74) is 3.86. The van der Waals surface area contributed by atoms with Crippen LogP contribution in [-0.4, -0.2) is 38.6 Å². The number of amides is 1. The monoisotopic (exact) mass is 601 g/mol. The molecule has 0 spiro atoms. The Morgan fingerprint density at radius 2 is 1.62 bits per heavy atom. The van der Waals surface area contributed by atoms with Gasteiger partial charge in [0.25, 0.3) is 0 Å². The zero-order valence-corrected chi connectivity index (χ0v) is 26.2. The number of H-pyrrole nitrogens is 1. The van der Waals surface area contributed by atoms with Crippen molar-refractivity contribution in [2.75, 3.05) is 7.11 Å². The number of methoxy groups -OCH3 is 1. The lowest BCUT2D eigenvalue weighted by Crippen LogP contribution is -2.37. The molecular weight excluding hydrogens is 562 g/mol. The molecule has 230 valence electrons. The molecule has 2 N–H and O–H groups in total. The van der Waals surface area contributed by atoms with E-state index in [4.69, 9.17) is 19.7 Å². The summed E-state index contributed by atoms with van der Waals surface area (Å²) in [7, 11) is 1.66. The van der Waals surface area contributed by atoms with E-state index in [2.05, 4.69) is 69.6 Å². The average molecular weight is 602 g/mol. The Bertz CT molecular complexity index is 1920. The molecule has 0 bridgehead atoms. The smallest absolute Gasteiger partial charge is 0.408 e. The topological polar surface area (TPSA) is 94.1 Å². The predicted octanol–water partition coefficient (Wildman–Crippen LogP) is 7.56. The molecule has 0 aliphatic rings. The quantitative estimate of drug-likeness (QED) is 0.169. The summed E-state index contributed by atoms with van der Waals surface area (Å²) in [6.07, 6.45) is 3.57. The van der Waals surface area contributed by atoms with E-state index in [1.165, 1.54) is 16.3 Å². The molecule has 8 nitrogen and oxygen atoms in total. The van der Waals surface area contributed by atoms with E-state index in [1.807, 2.05) is 63.2 Å². The number of fused-ring (bicyclic) bond motifs is 2. The van der Waals surface area contributed by atoms with Gasteiger partial charge in [0, 0.05) is 29.9 Å². The third-order valence-corrected chi connectivity index (χ3v) is 7.90. The van der Waals surface area contributed by atoms with Gasteiger partial charge in [-0.25, -0.2) is 4.79 Å². The number of ether oxygens (including phenoxy) is 2. The Labute approximate surface area is 263 Å². The minimum absolute atomic E-state index is 0.478. The largest absolute Gasteiger partial charge is 0.497 e. The van der Waals surface area contributed by atoms with Crippen molar-refractivity contribution in [3.8, 4) is 5.75 Å². The van der Waals surface area contributed by atoms with Crippen molar-refractivity contribution in [3.05, 3.63) is 126 Å². The second kappa shape index (κ2) is 12.9. The first kappa shape index (κ1) is 29.9. The first-order valence-electron chi connectivity index (χ1n) is 15.3. The van der Waals surface area contributed by atoms with Crippen molar-refractivity contribution in [3.63, 3.8) is 0 Å². The molecule has 6 aromatic rings. The summed E-state index contributed by atoms with van der Waals surface area (Å²) < 4.78 is 13.2. The van der Waals surface area contributed by atoms with Gasteiger partial charge in [-0.2, -0.15) is 0 Å². The van der Waals surface area contributed by atoms with Crippen molar-refractivity contribution < 1.29 is 14.3 Å². The second-order valence-corrected chi connectivity index (χ2v) is 12.4. The highest BCUT2D eigenvalue weighted by Gasteiger charge is 2.26. The molecule has 1 amide bonds. The first-order valence-corrected chi connectivity index (χ1v) is 15.3. The van der Waals surface area contributed by atoms with Gasteiger partial charge in [0.15, 0.2) is 5.82 Å². The highest BCUT2D eigenvalue weighted by atomic mass is 16.6. The van der Waals surface area contributed by atoms with Crippen molar-refractivity contribution in [2.45, 2.75) is 58.2 Å². The fraction of sp³-hybridized carbons (Fsp3) is 0.270. The third kappa shape index (κ3) is 7.17. The molecule has 0 aliphatic heterocycles. The number of aromatic amines is 1. The Morgan fingerprint density at radius 1 is 0.889 bits per heavy atom. The lowest BCUT2D eigenvalue weighted by Gasteiger charge is -2.24. The number of rotatable bonds is 10. The highest BCUT2D eigenvalue weighted by molar-refractivity contribution is 5.83. The van der Waals surface area contributed by atoms with Gasteiger partial charge in [0.2, 0.25) is 0 Å². The maximum Gasteiger partial charge on any atom is 0.408 e. The van der Waals surface area contributed by atoms with Gasteiger partial charge in [-0.3, -0.25) is 0 Å². The van der Waals surface area contributed by atoms with Crippen LogP contribution in [0.25, 0.3) is 21.7 Å². The number of benzene rings is 4. The van der Waals surface area contributed by atoms with Gasteiger partial charge in [0.05, 0.1) is 19.7 Å². The molecule has 1 atom stereocenters. The number of hydrogen-bond donors (Lipinski definition) is 2. The van der Waals surface area contributed by atoms with Crippen LogP contribution >= 0.6 is 0 Å². The Morgan fingerprint density at radius 3 is 2.40 bits per heavy atom. The van der Waals surface area contributed by atoms with Crippen LogP contribution in [0.2, 0.25) is 0 Å². The highest BCUT2D eigenvalue weighted by Crippen LogP contribution is 2.25. The van der Waals surface area contributed by atoms with E-state index < -0.39 is 17.7 Å². The molecule has 0 aliphatic carbocycles. The number of alkyl carbamates (subject to hydrolysis) is 1. The first-order chi connectivity index (χ1) is 21.8. The molecular formula is C37H39N5O3. The Hall–Kier alpha value is -5.11. The Balaban J connectivity index is 1.36. The van der Waals surface area contributed by atoms with Crippen molar-refractivity contribution in [2.24, 2.45) is 0 Å². The van der Waals surface area contributed by atoms with E-state index in [1.54, 1.807) is 7.11 Å². The second-order valence-electron chi connectivity index (χ2n) is 12.4. The number of nitrogens with one attached hydrogen (secondary N) is 2. The zero-order valence-electron chi connectivity index (χ0n) is 26.2. The van der Waals surface area contributed by atoms with Crippen LogP contribution in [0.4, 0.5) is 4.79 Å². The molecule has 0 saturated carbocycles. The minimum atomic E-state index is -0.640. The number of carbonyl (C=O) groups is 1. The number of hydrogen-bond acceptors (Lipinski definition) is 5. The summed E-state index contributed by atoms with van der Waals surface area (Å²) >= 11 is 0. The number of aromatic nitrogens is 4. The summed E-state index contributed by atoms with van der Waals surface area (Å²) in [5.74, 6) is 2.32. The summed E-state index contributed by atoms with van der Waals surface area (Å²) in [6.45, 7) is 6.12. The zero-order chi connectivity index (χ0) is 31.4. The van der Waals surface area contributed by atoms with Crippen molar-refractivity contribution in [1.82, 2.24) is 25.1 Å². The Kier molecular flexibility index (Phi) is 8.56. The molecule has 2 heterocycles. The van der Waals surface area contributed by atoms with Crippen molar-refractivity contribution in [1.29, 1.82) is 0 Å². The number of para-hydroxylation sites is 1. The van der Waals surface area contributed by atoms with Crippen LogP contribution in [0.1, 0.15) is 55.2 Å². The number of aryl methyl sites for hydroxylation is 2. The summed E-state index contributed by atoms with van der Waals surface area (Å²) in [6, 6.07) is 30.5. The van der Waals surface area contributed by atoms with Crippen LogP contribution in [0, 0.1) is 0 Å². The summed E-state index contributed by atoms with van der Waals surface area (Å²) in [4.78, 5) is 16.6.